The third-order valence-corrected chi connectivity index (χ3v) is 8.66. The minimum atomic E-state index is -4.84. The van der Waals surface area contributed by atoms with Crippen LogP contribution in [0.15, 0.2) is 35.3 Å². The Labute approximate surface area is 205 Å². The Balaban J connectivity index is 1.29. The number of aromatic nitrogens is 1. The zero-order valence-corrected chi connectivity index (χ0v) is 20.0. The lowest BCUT2D eigenvalue weighted by Crippen LogP contribution is -2.62. The van der Waals surface area contributed by atoms with E-state index in [1.165, 1.54) is 19.1 Å². The number of carbonyl (C=O) groups excluding carboxylic acids is 1. The molecule has 4 saturated carbocycles. The number of likely N-dealkylation sites (tertiary alicyclic amines) is 1. The number of pyridine rings is 1. The Morgan fingerprint density at radius 3 is 2.42 bits per heavy atom. The number of nitrogens with zero attached hydrogens (tertiary/aromatic N) is 2. The molecule has 0 radical (unpaired) electrons. The van der Waals surface area contributed by atoms with Crippen molar-refractivity contribution in [1.82, 2.24) is 14.8 Å². The summed E-state index contributed by atoms with van der Waals surface area (Å²) in [6.07, 6.45) is -0.534. The van der Waals surface area contributed by atoms with Gasteiger partial charge in [0.2, 0.25) is 0 Å². The molecule has 4 aliphatic carbocycles. The zero-order chi connectivity index (χ0) is 25.6. The predicted octanol–water partition coefficient (Wildman–Crippen LogP) is 3.98. The molecule has 4 atom stereocenters. The summed E-state index contributed by atoms with van der Waals surface area (Å²) in [6, 6.07) is 3.65. The second-order valence-corrected chi connectivity index (χ2v) is 11.1. The molecule has 1 saturated heterocycles. The maximum atomic E-state index is 14.7. The number of nitrogens with one attached hydrogen (secondary N) is 2. The van der Waals surface area contributed by atoms with E-state index < -0.39 is 29.5 Å². The lowest BCUT2D eigenvalue weighted by Gasteiger charge is -2.62. The summed E-state index contributed by atoms with van der Waals surface area (Å²) in [5.74, 6) is -0.443. The molecule has 5 aliphatic rings. The number of fused-ring (bicyclic) bond motifs is 1. The highest BCUT2D eigenvalue weighted by atomic mass is 19.4. The predicted molar refractivity (Wildman–Crippen MR) is 125 cm³/mol. The molecule has 10 heteroatoms. The van der Waals surface area contributed by atoms with Crippen LogP contribution in [0.5, 0.6) is 0 Å². The van der Waals surface area contributed by atoms with E-state index >= 15 is 0 Å². The zero-order valence-electron chi connectivity index (χ0n) is 20.0. The third kappa shape index (κ3) is 3.64. The van der Waals surface area contributed by atoms with Crippen LogP contribution in [0.25, 0.3) is 0 Å². The lowest BCUT2D eigenvalue weighted by atomic mass is 9.49. The summed E-state index contributed by atoms with van der Waals surface area (Å²) >= 11 is 0. The van der Waals surface area contributed by atoms with Crippen molar-refractivity contribution in [3.05, 3.63) is 63.3 Å². The minimum absolute atomic E-state index is 0.163. The molecule has 1 aromatic heterocycles. The Bertz CT molecular complexity index is 1280. The second-order valence-electron chi connectivity index (χ2n) is 11.1. The summed E-state index contributed by atoms with van der Waals surface area (Å²) in [5, 5.41) is 6.05. The van der Waals surface area contributed by atoms with Crippen LogP contribution in [-0.4, -0.2) is 41.6 Å². The van der Waals surface area contributed by atoms with Gasteiger partial charge in [0, 0.05) is 42.5 Å². The van der Waals surface area contributed by atoms with Gasteiger partial charge in [0.25, 0.3) is 11.5 Å². The van der Waals surface area contributed by atoms with Gasteiger partial charge < -0.3 is 20.1 Å². The molecule has 1 aromatic carbocycles. The van der Waals surface area contributed by atoms with Crippen molar-refractivity contribution in [2.75, 3.05) is 25.5 Å². The molecule has 6 nitrogen and oxygen atoms in total. The highest BCUT2D eigenvalue weighted by Gasteiger charge is 2.58. The highest BCUT2D eigenvalue weighted by molar-refractivity contribution is 5.99. The average Bonchev–Trinajstić information content (AvgIpc) is 3.17. The van der Waals surface area contributed by atoms with Crippen LogP contribution in [0.1, 0.15) is 53.7 Å². The Kier molecular flexibility index (Phi) is 5.10. The summed E-state index contributed by atoms with van der Waals surface area (Å²) in [7, 11) is 2.06. The maximum absolute atomic E-state index is 14.7. The Morgan fingerprint density at radius 2 is 1.83 bits per heavy atom. The summed E-state index contributed by atoms with van der Waals surface area (Å²) < 4.78 is 55.9. The van der Waals surface area contributed by atoms with Crippen molar-refractivity contribution in [2.24, 2.45) is 17.8 Å². The van der Waals surface area contributed by atoms with E-state index in [1.54, 1.807) is 10.8 Å². The van der Waals surface area contributed by atoms with Gasteiger partial charge in [-0.1, -0.05) is 12.1 Å². The fraction of sp³-hybridized carbons (Fsp3) is 0.538. The molecule has 1 amide bonds. The molecule has 2 bridgehead atoms. The number of hydrogen-bond acceptors (Lipinski definition) is 4. The highest BCUT2D eigenvalue weighted by Crippen LogP contribution is 2.61. The van der Waals surface area contributed by atoms with E-state index in [0.717, 1.165) is 38.4 Å². The van der Waals surface area contributed by atoms with Gasteiger partial charge in [-0.3, -0.25) is 9.59 Å². The minimum Gasteiger partial charge on any atom is -0.381 e. The van der Waals surface area contributed by atoms with Crippen LogP contribution in [0.3, 0.4) is 0 Å². The molecular formula is C26H28F4N4O2. The quantitative estimate of drug-likeness (QED) is 0.585. The molecule has 7 rings (SSSR count). The standard InChI is InChI=1S/C26H28F4N4O2/c1-13(15-4-3-5-19(22(15)27)26(28,29)30)31-24(36)18-12-34(25-7-14(8-25)9-25)21(35)6-20(18)32-23-16-10-33(2)11-17(16)23/h3-6,12-14,16-17,23,32H,7-11H2,1-2H3,(H,31,36)/t13-,14?,16-,17+,23?,25?/m1/s1. The largest absolute Gasteiger partial charge is 0.419 e. The van der Waals surface area contributed by atoms with Crippen LogP contribution >= 0.6 is 0 Å². The molecule has 0 spiro atoms. The molecule has 2 aromatic rings. The molecule has 192 valence electrons. The second kappa shape index (κ2) is 7.81. The van der Waals surface area contributed by atoms with Crippen LogP contribution < -0.4 is 16.2 Å². The van der Waals surface area contributed by atoms with Crippen LogP contribution in [0, 0.1) is 23.6 Å². The number of benzene rings is 1. The van der Waals surface area contributed by atoms with Crippen molar-refractivity contribution < 1.29 is 22.4 Å². The fourth-order valence-electron chi connectivity index (χ4n) is 6.52. The number of hydrogen-bond donors (Lipinski definition) is 2. The molecule has 5 fully saturated rings. The van der Waals surface area contributed by atoms with E-state index in [-0.39, 0.29) is 28.3 Å². The van der Waals surface area contributed by atoms with Crippen molar-refractivity contribution in [2.45, 2.75) is 50.0 Å². The Hall–Kier alpha value is -2.88. The van der Waals surface area contributed by atoms with Crippen LogP contribution in [0.2, 0.25) is 0 Å². The van der Waals surface area contributed by atoms with Gasteiger partial charge in [-0.05, 0) is 57.1 Å². The summed E-state index contributed by atoms with van der Waals surface area (Å²) in [4.78, 5) is 28.7. The van der Waals surface area contributed by atoms with Crippen molar-refractivity contribution in [1.29, 1.82) is 0 Å². The normalized spacial score (nSPS) is 31.2. The van der Waals surface area contributed by atoms with Gasteiger partial charge in [0.15, 0.2) is 0 Å². The molecule has 2 heterocycles. The van der Waals surface area contributed by atoms with E-state index in [4.69, 9.17) is 0 Å². The summed E-state index contributed by atoms with van der Waals surface area (Å²) in [6.45, 7) is 3.33. The first-order valence-electron chi connectivity index (χ1n) is 12.4. The molecule has 1 aliphatic heterocycles. The van der Waals surface area contributed by atoms with Gasteiger partial charge in [-0.25, -0.2) is 4.39 Å². The lowest BCUT2D eigenvalue weighted by molar-refractivity contribution is -0.140. The number of halogens is 4. The van der Waals surface area contributed by atoms with Gasteiger partial charge >= 0.3 is 6.18 Å². The number of amides is 1. The average molecular weight is 505 g/mol. The van der Waals surface area contributed by atoms with Crippen molar-refractivity contribution in [3.63, 3.8) is 0 Å². The van der Waals surface area contributed by atoms with E-state index in [0.29, 0.717) is 29.5 Å². The van der Waals surface area contributed by atoms with Gasteiger partial charge in [0.1, 0.15) is 5.82 Å². The number of carbonyl (C=O) groups is 1. The fourth-order valence-corrected chi connectivity index (χ4v) is 6.52. The van der Waals surface area contributed by atoms with Crippen LogP contribution in [-0.2, 0) is 11.7 Å². The monoisotopic (exact) mass is 504 g/mol. The van der Waals surface area contributed by atoms with Gasteiger partial charge in [-0.15, -0.1) is 0 Å². The first kappa shape index (κ1) is 23.5. The summed E-state index contributed by atoms with van der Waals surface area (Å²) in [5.41, 5.74) is -1.37. The number of piperidine rings is 1. The third-order valence-electron chi connectivity index (χ3n) is 8.66. The first-order valence-corrected chi connectivity index (χ1v) is 12.4. The molecule has 1 unspecified atom stereocenters. The number of rotatable bonds is 6. The topological polar surface area (TPSA) is 66.4 Å². The van der Waals surface area contributed by atoms with Crippen LogP contribution in [0.4, 0.5) is 23.2 Å². The first-order chi connectivity index (χ1) is 17.0. The number of anilines is 1. The van der Waals surface area contributed by atoms with Gasteiger partial charge in [-0.2, -0.15) is 13.2 Å². The van der Waals surface area contributed by atoms with E-state index in [1.807, 2.05) is 0 Å². The number of alkyl halides is 3. The maximum Gasteiger partial charge on any atom is 0.419 e. The smallest absolute Gasteiger partial charge is 0.381 e. The SMILES string of the molecule is C[C@@H](NC(=O)c1cn(C23CC(C2)C3)c(=O)cc1NC1[C@H]2CN(C)C[C@@H]12)c1cccc(C(F)(F)F)c1F. The van der Waals surface area contributed by atoms with Crippen molar-refractivity contribution >= 4 is 11.6 Å². The van der Waals surface area contributed by atoms with E-state index in [9.17, 15) is 27.2 Å². The van der Waals surface area contributed by atoms with Crippen molar-refractivity contribution in [3.8, 4) is 0 Å². The van der Waals surface area contributed by atoms with E-state index in [2.05, 4.69) is 22.6 Å². The molecule has 36 heavy (non-hydrogen) atoms. The van der Waals surface area contributed by atoms with Gasteiger partial charge in [0.05, 0.1) is 22.9 Å². The Morgan fingerprint density at radius 1 is 1.17 bits per heavy atom. The molecular weight excluding hydrogens is 476 g/mol. The molecule has 2 N–H and O–H groups in total.